The fraction of sp³-hybridized carbons (Fsp3) is 0.857. The second kappa shape index (κ2) is 6.26. The van der Waals surface area contributed by atoms with Crippen LogP contribution in [0, 0.1) is 11.8 Å². The van der Waals surface area contributed by atoms with Crippen LogP contribution < -0.4 is 5.73 Å². The topological polar surface area (TPSA) is 78.9 Å². The zero-order chi connectivity index (χ0) is 13.8. The van der Waals surface area contributed by atoms with Crippen LogP contribution in [-0.4, -0.2) is 34.4 Å². The standard InChI is InChI=1S/C14H25N3O2/c1-10-5-7-11(8-6-10)14(18)17-9-3-2-4-12(17)13(15)16-19/h10-12,19H,2-9H2,1H3,(H2,15,16). The number of oxime groups is 1. The first kappa shape index (κ1) is 14.2. The molecule has 1 aliphatic carbocycles. The minimum Gasteiger partial charge on any atom is -0.409 e. The highest BCUT2D eigenvalue weighted by molar-refractivity contribution is 5.90. The van der Waals surface area contributed by atoms with Gasteiger partial charge >= 0.3 is 0 Å². The smallest absolute Gasteiger partial charge is 0.226 e. The van der Waals surface area contributed by atoms with Gasteiger partial charge in [-0.25, -0.2) is 0 Å². The molecule has 2 fully saturated rings. The molecule has 1 unspecified atom stereocenters. The SMILES string of the molecule is CC1CCC(C(=O)N2CCCCC2C(N)=NO)CC1. The summed E-state index contributed by atoms with van der Waals surface area (Å²) in [7, 11) is 0. The number of carbonyl (C=O) groups is 1. The van der Waals surface area contributed by atoms with Crippen LogP contribution in [0.3, 0.4) is 0 Å². The van der Waals surface area contributed by atoms with Crippen molar-refractivity contribution in [3.63, 3.8) is 0 Å². The van der Waals surface area contributed by atoms with E-state index in [-0.39, 0.29) is 23.7 Å². The Morgan fingerprint density at radius 1 is 1.21 bits per heavy atom. The van der Waals surface area contributed by atoms with E-state index in [2.05, 4.69) is 12.1 Å². The number of likely N-dealkylation sites (tertiary alicyclic amines) is 1. The van der Waals surface area contributed by atoms with E-state index in [1.165, 1.54) is 0 Å². The summed E-state index contributed by atoms with van der Waals surface area (Å²) in [5.74, 6) is 1.27. The van der Waals surface area contributed by atoms with Crippen LogP contribution >= 0.6 is 0 Å². The monoisotopic (exact) mass is 267 g/mol. The molecule has 2 rings (SSSR count). The van der Waals surface area contributed by atoms with E-state index in [1.54, 1.807) is 0 Å². The highest BCUT2D eigenvalue weighted by atomic mass is 16.4. The number of hydrogen-bond donors (Lipinski definition) is 2. The predicted octanol–water partition coefficient (Wildman–Crippen LogP) is 1.94. The predicted molar refractivity (Wildman–Crippen MR) is 73.9 cm³/mol. The molecular weight excluding hydrogens is 242 g/mol. The number of nitrogens with two attached hydrogens (primary N) is 1. The Morgan fingerprint density at radius 3 is 2.53 bits per heavy atom. The summed E-state index contributed by atoms with van der Waals surface area (Å²) >= 11 is 0. The molecule has 19 heavy (non-hydrogen) atoms. The highest BCUT2D eigenvalue weighted by Gasteiger charge is 2.34. The number of nitrogens with zero attached hydrogens (tertiary/aromatic N) is 2. The Hall–Kier alpha value is -1.26. The van der Waals surface area contributed by atoms with Gasteiger partial charge in [-0.05, 0) is 50.9 Å². The van der Waals surface area contributed by atoms with Crippen LogP contribution in [0.5, 0.6) is 0 Å². The van der Waals surface area contributed by atoms with Crippen LogP contribution in [0.4, 0.5) is 0 Å². The van der Waals surface area contributed by atoms with Gasteiger partial charge in [0.05, 0.1) is 6.04 Å². The summed E-state index contributed by atoms with van der Waals surface area (Å²) in [6, 6.07) is -0.203. The fourth-order valence-electron chi connectivity index (χ4n) is 3.31. The lowest BCUT2D eigenvalue weighted by Crippen LogP contribution is -2.52. The van der Waals surface area contributed by atoms with Crippen molar-refractivity contribution in [3.05, 3.63) is 0 Å². The third-order valence-electron chi connectivity index (χ3n) is 4.61. The molecule has 1 saturated carbocycles. The van der Waals surface area contributed by atoms with Gasteiger partial charge in [0.25, 0.3) is 0 Å². The molecule has 0 aromatic carbocycles. The van der Waals surface area contributed by atoms with Crippen LogP contribution in [0.15, 0.2) is 5.16 Å². The molecule has 2 aliphatic rings. The molecule has 0 radical (unpaired) electrons. The second-order valence-electron chi connectivity index (χ2n) is 6.02. The zero-order valence-corrected chi connectivity index (χ0v) is 11.7. The average molecular weight is 267 g/mol. The van der Waals surface area contributed by atoms with Gasteiger partial charge in [0.1, 0.15) is 0 Å². The van der Waals surface area contributed by atoms with Crippen molar-refractivity contribution in [2.75, 3.05) is 6.54 Å². The molecule has 1 amide bonds. The molecular formula is C14H25N3O2. The van der Waals surface area contributed by atoms with E-state index in [0.717, 1.165) is 57.4 Å². The Labute approximate surface area is 114 Å². The molecule has 1 heterocycles. The maximum absolute atomic E-state index is 12.6. The highest BCUT2D eigenvalue weighted by Crippen LogP contribution is 2.31. The number of piperidine rings is 1. The number of hydrogen-bond acceptors (Lipinski definition) is 3. The Bertz CT molecular complexity index is 349. The van der Waals surface area contributed by atoms with Gasteiger partial charge in [0, 0.05) is 12.5 Å². The van der Waals surface area contributed by atoms with Crippen molar-refractivity contribution in [2.24, 2.45) is 22.7 Å². The van der Waals surface area contributed by atoms with Crippen LogP contribution in [-0.2, 0) is 4.79 Å². The maximum atomic E-state index is 12.6. The number of amides is 1. The van der Waals surface area contributed by atoms with Gasteiger partial charge in [-0.1, -0.05) is 12.1 Å². The zero-order valence-electron chi connectivity index (χ0n) is 11.7. The molecule has 5 heteroatoms. The Kier molecular flexibility index (Phi) is 4.66. The summed E-state index contributed by atoms with van der Waals surface area (Å²) in [6.45, 7) is 2.99. The van der Waals surface area contributed by atoms with Crippen molar-refractivity contribution in [1.29, 1.82) is 0 Å². The maximum Gasteiger partial charge on any atom is 0.226 e. The molecule has 0 bridgehead atoms. The molecule has 5 nitrogen and oxygen atoms in total. The quantitative estimate of drug-likeness (QED) is 0.347. The van der Waals surface area contributed by atoms with Crippen molar-refractivity contribution in [2.45, 2.75) is 57.9 Å². The van der Waals surface area contributed by atoms with E-state index in [0.29, 0.717) is 0 Å². The Balaban J connectivity index is 2.03. The summed E-state index contributed by atoms with van der Waals surface area (Å²) in [6.07, 6.45) is 7.11. The molecule has 108 valence electrons. The lowest BCUT2D eigenvalue weighted by Gasteiger charge is -2.38. The van der Waals surface area contributed by atoms with Crippen molar-refractivity contribution >= 4 is 11.7 Å². The molecule has 0 spiro atoms. The first-order valence-electron chi connectivity index (χ1n) is 7.41. The molecule has 1 saturated heterocycles. The number of rotatable bonds is 2. The van der Waals surface area contributed by atoms with E-state index in [9.17, 15) is 4.79 Å². The van der Waals surface area contributed by atoms with Gasteiger partial charge in [-0.3, -0.25) is 4.79 Å². The lowest BCUT2D eigenvalue weighted by atomic mass is 9.81. The van der Waals surface area contributed by atoms with Crippen LogP contribution in [0.25, 0.3) is 0 Å². The van der Waals surface area contributed by atoms with Gasteiger partial charge in [-0.2, -0.15) is 0 Å². The van der Waals surface area contributed by atoms with Gasteiger partial charge in [-0.15, -0.1) is 0 Å². The van der Waals surface area contributed by atoms with E-state index in [1.807, 2.05) is 4.90 Å². The van der Waals surface area contributed by atoms with Crippen molar-refractivity contribution in [1.82, 2.24) is 4.90 Å². The van der Waals surface area contributed by atoms with E-state index in [4.69, 9.17) is 10.9 Å². The molecule has 0 aromatic rings. The first-order chi connectivity index (χ1) is 9.13. The third kappa shape index (κ3) is 3.19. The minimum atomic E-state index is -0.203. The normalized spacial score (nSPS) is 33.2. The summed E-state index contributed by atoms with van der Waals surface area (Å²) in [4.78, 5) is 14.5. The number of carbonyl (C=O) groups excluding carboxylic acids is 1. The lowest BCUT2D eigenvalue weighted by molar-refractivity contribution is -0.139. The Morgan fingerprint density at radius 2 is 1.89 bits per heavy atom. The van der Waals surface area contributed by atoms with Gasteiger partial charge in [0.15, 0.2) is 5.84 Å². The first-order valence-corrected chi connectivity index (χ1v) is 7.41. The molecule has 3 N–H and O–H groups in total. The van der Waals surface area contributed by atoms with Crippen molar-refractivity contribution in [3.8, 4) is 0 Å². The van der Waals surface area contributed by atoms with Crippen LogP contribution in [0.2, 0.25) is 0 Å². The molecule has 1 aliphatic heterocycles. The van der Waals surface area contributed by atoms with Crippen LogP contribution in [0.1, 0.15) is 51.9 Å². The summed E-state index contributed by atoms with van der Waals surface area (Å²) in [5, 5.41) is 12.0. The second-order valence-corrected chi connectivity index (χ2v) is 6.02. The fourth-order valence-corrected chi connectivity index (χ4v) is 3.31. The average Bonchev–Trinajstić information content (AvgIpc) is 2.46. The van der Waals surface area contributed by atoms with E-state index >= 15 is 0 Å². The van der Waals surface area contributed by atoms with E-state index < -0.39 is 0 Å². The largest absolute Gasteiger partial charge is 0.409 e. The summed E-state index contributed by atoms with van der Waals surface area (Å²) in [5.41, 5.74) is 5.73. The van der Waals surface area contributed by atoms with Gasteiger partial charge < -0.3 is 15.8 Å². The number of amidine groups is 1. The molecule has 0 aromatic heterocycles. The van der Waals surface area contributed by atoms with Crippen molar-refractivity contribution < 1.29 is 10.0 Å². The van der Waals surface area contributed by atoms with Gasteiger partial charge in [0.2, 0.25) is 5.91 Å². The summed E-state index contributed by atoms with van der Waals surface area (Å²) < 4.78 is 0. The third-order valence-corrected chi connectivity index (χ3v) is 4.61. The minimum absolute atomic E-state index is 0.142. The molecule has 1 atom stereocenters.